The van der Waals surface area contributed by atoms with E-state index in [0.717, 1.165) is 24.1 Å². The number of nitrogens with zero attached hydrogens (tertiary/aromatic N) is 2. The summed E-state index contributed by atoms with van der Waals surface area (Å²) >= 11 is 1.46. The van der Waals surface area contributed by atoms with E-state index in [4.69, 9.17) is 26.5 Å². The van der Waals surface area contributed by atoms with Crippen LogP contribution in [0.4, 0.5) is 18.9 Å². The monoisotopic (exact) mass is 594 g/mol. The number of hydrogen-bond acceptors (Lipinski definition) is 7. The Kier molecular flexibility index (Phi) is 12.0. The Bertz CT molecular complexity index is 1360. The van der Waals surface area contributed by atoms with Gasteiger partial charge in [-0.1, -0.05) is 37.3 Å². The number of aromatic nitrogens is 1. The molecule has 0 radical (unpaired) electrons. The molecule has 3 aromatic rings. The highest BCUT2D eigenvalue weighted by molar-refractivity contribution is 7.13. The maximum Gasteiger partial charge on any atom is 0.490 e. The van der Waals surface area contributed by atoms with Crippen LogP contribution in [0.25, 0.3) is 0 Å². The molecule has 0 fully saturated rings. The summed E-state index contributed by atoms with van der Waals surface area (Å²) in [6, 6.07) is 15.6. The van der Waals surface area contributed by atoms with E-state index in [-0.39, 0.29) is 5.91 Å². The summed E-state index contributed by atoms with van der Waals surface area (Å²) in [6.45, 7) is 2.16. The molecule has 14 heteroatoms. The number of anilines is 1. The number of fused-ring (bicyclic) bond motifs is 1. The van der Waals surface area contributed by atoms with Crippen LogP contribution in [-0.4, -0.2) is 51.7 Å². The van der Waals surface area contributed by atoms with Crippen molar-refractivity contribution in [3.63, 3.8) is 0 Å². The molecular formula is C27H29F3N4O6S. The van der Waals surface area contributed by atoms with E-state index in [9.17, 15) is 27.6 Å². The molecule has 1 atom stereocenters. The molecule has 1 aliphatic rings. The van der Waals surface area contributed by atoms with Crippen LogP contribution >= 0.6 is 11.3 Å². The first-order valence-electron chi connectivity index (χ1n) is 12.2. The minimum Gasteiger partial charge on any atom is -0.480 e. The summed E-state index contributed by atoms with van der Waals surface area (Å²) in [5, 5.41) is 16.6. The van der Waals surface area contributed by atoms with E-state index in [0.29, 0.717) is 28.7 Å². The first-order chi connectivity index (χ1) is 19.2. The summed E-state index contributed by atoms with van der Waals surface area (Å²) in [5.41, 5.74) is 13.6. The van der Waals surface area contributed by atoms with Gasteiger partial charge in [-0.25, -0.2) is 9.78 Å². The first kappa shape index (κ1) is 32.9. The molecule has 1 unspecified atom stereocenters. The van der Waals surface area contributed by atoms with Crippen molar-refractivity contribution in [3.05, 3.63) is 81.3 Å². The quantitative estimate of drug-likeness (QED) is 0.332. The number of carboxylic acids is 2. The molecule has 1 aromatic heterocycles. The molecule has 0 aliphatic heterocycles. The molecule has 6 N–H and O–H groups in total. The molecule has 41 heavy (non-hydrogen) atoms. The average molecular weight is 595 g/mol. The number of alkyl halides is 3. The average Bonchev–Trinajstić information content (AvgIpc) is 3.36. The molecule has 2 aromatic carbocycles. The standard InChI is InChI=1S/C16H16N2O3.C9H12N2OS.C2HF3O2/c17-10-12-5-4-6-13(9-12)16(21)18(11-15(19)20)14-7-2-1-3-8-14;1-5-2-3-6-7(4-5)13-9(11-6)8(10)12;3-2(4,5)1(6)7/h1-9H,10-11,17H2,(H,19,20);5H,2-4H2,1H3,(H2,10,12);(H,6,7). The van der Waals surface area contributed by atoms with Gasteiger partial charge in [0.15, 0.2) is 5.01 Å². The van der Waals surface area contributed by atoms with Gasteiger partial charge in [0.25, 0.3) is 11.8 Å². The second kappa shape index (κ2) is 14.9. The lowest BCUT2D eigenvalue weighted by Crippen LogP contribution is -2.35. The Morgan fingerprint density at radius 3 is 2.24 bits per heavy atom. The molecular weight excluding hydrogens is 565 g/mol. The zero-order valence-corrected chi connectivity index (χ0v) is 22.7. The Labute approximate surface area is 237 Å². The summed E-state index contributed by atoms with van der Waals surface area (Å²) in [5.74, 6) is -3.87. The lowest BCUT2D eigenvalue weighted by atomic mass is 9.93. The van der Waals surface area contributed by atoms with Crippen LogP contribution in [0, 0.1) is 5.92 Å². The number of rotatable bonds is 6. The van der Waals surface area contributed by atoms with Gasteiger partial charge >= 0.3 is 18.1 Å². The largest absolute Gasteiger partial charge is 0.490 e. The maximum atomic E-state index is 12.6. The van der Waals surface area contributed by atoms with Gasteiger partial charge in [0.2, 0.25) is 0 Å². The van der Waals surface area contributed by atoms with Crippen molar-refractivity contribution in [3.8, 4) is 0 Å². The fourth-order valence-electron chi connectivity index (χ4n) is 3.66. The zero-order valence-electron chi connectivity index (χ0n) is 21.9. The van der Waals surface area contributed by atoms with Crippen molar-refractivity contribution < 1.29 is 42.6 Å². The highest BCUT2D eigenvalue weighted by Crippen LogP contribution is 2.29. The SMILES string of the molecule is CC1CCc2nc(C(N)=O)sc2C1.NCc1cccc(C(=O)N(CC(=O)O)c2ccccc2)c1.O=C(O)C(F)(F)F. The number of carbonyl (C=O) groups is 4. The number of carbonyl (C=O) groups excluding carboxylic acids is 2. The van der Waals surface area contributed by atoms with Crippen LogP contribution < -0.4 is 16.4 Å². The Balaban J connectivity index is 0.000000249. The van der Waals surface area contributed by atoms with Crippen molar-refractivity contribution in [2.45, 2.75) is 38.9 Å². The second-order valence-electron chi connectivity index (χ2n) is 8.93. The van der Waals surface area contributed by atoms with E-state index in [1.54, 1.807) is 42.5 Å². The highest BCUT2D eigenvalue weighted by atomic mass is 32.1. The Hall–Kier alpha value is -4.30. The molecule has 10 nitrogen and oxygen atoms in total. The van der Waals surface area contributed by atoms with Crippen molar-refractivity contribution in [1.82, 2.24) is 4.98 Å². The number of hydrogen-bond donors (Lipinski definition) is 4. The zero-order chi connectivity index (χ0) is 30.7. The lowest BCUT2D eigenvalue weighted by molar-refractivity contribution is -0.192. The van der Waals surface area contributed by atoms with Crippen LogP contribution in [0.1, 0.15) is 49.6 Å². The summed E-state index contributed by atoms with van der Waals surface area (Å²) in [6.07, 6.45) is -1.85. The van der Waals surface area contributed by atoms with E-state index in [1.807, 2.05) is 12.1 Å². The molecule has 220 valence electrons. The molecule has 0 saturated carbocycles. The predicted octanol–water partition coefficient (Wildman–Crippen LogP) is 3.88. The maximum absolute atomic E-state index is 12.6. The van der Waals surface area contributed by atoms with Crippen molar-refractivity contribution in [2.75, 3.05) is 11.4 Å². The minimum atomic E-state index is -5.08. The number of halogens is 3. The third-order valence-corrected chi connectivity index (χ3v) is 6.79. The summed E-state index contributed by atoms with van der Waals surface area (Å²) in [7, 11) is 0. The first-order valence-corrected chi connectivity index (χ1v) is 13.0. The van der Waals surface area contributed by atoms with Gasteiger partial charge in [0, 0.05) is 22.7 Å². The smallest absolute Gasteiger partial charge is 0.480 e. The number of carboxylic acid groups (broad SMARTS) is 2. The molecule has 2 amide bonds. The van der Waals surface area contributed by atoms with E-state index in [2.05, 4.69) is 11.9 Å². The lowest BCUT2D eigenvalue weighted by Gasteiger charge is -2.21. The number of amides is 2. The van der Waals surface area contributed by atoms with Gasteiger partial charge in [-0.3, -0.25) is 19.3 Å². The van der Waals surface area contributed by atoms with Crippen molar-refractivity contribution >= 4 is 40.8 Å². The normalized spacial score (nSPS) is 13.8. The Morgan fingerprint density at radius 2 is 1.71 bits per heavy atom. The van der Waals surface area contributed by atoms with Gasteiger partial charge in [-0.05, 0) is 55.0 Å². The topological polar surface area (TPSA) is 177 Å². The number of primary amides is 1. The second-order valence-corrected chi connectivity index (χ2v) is 10.0. The number of benzene rings is 2. The number of aryl methyl sites for hydroxylation is 1. The van der Waals surface area contributed by atoms with Gasteiger partial charge in [0.1, 0.15) is 6.54 Å². The number of nitrogens with two attached hydrogens (primary N) is 2. The van der Waals surface area contributed by atoms with Gasteiger partial charge in [0.05, 0.1) is 5.69 Å². The molecule has 0 spiro atoms. The third kappa shape index (κ3) is 10.3. The summed E-state index contributed by atoms with van der Waals surface area (Å²) < 4.78 is 31.7. The van der Waals surface area contributed by atoms with Gasteiger partial charge in [-0.2, -0.15) is 13.2 Å². The predicted molar refractivity (Wildman–Crippen MR) is 146 cm³/mol. The number of aliphatic carboxylic acids is 2. The van der Waals surface area contributed by atoms with Crippen molar-refractivity contribution in [2.24, 2.45) is 17.4 Å². The fraction of sp³-hybridized carbons (Fsp3) is 0.296. The van der Waals surface area contributed by atoms with Crippen LogP contribution in [0.3, 0.4) is 0 Å². The minimum absolute atomic E-state index is 0.325. The summed E-state index contributed by atoms with van der Waals surface area (Å²) in [4.78, 5) is 50.1. The molecule has 0 bridgehead atoms. The highest BCUT2D eigenvalue weighted by Gasteiger charge is 2.38. The molecule has 4 rings (SSSR count). The van der Waals surface area contributed by atoms with E-state index < -0.39 is 30.6 Å². The van der Waals surface area contributed by atoms with Crippen molar-refractivity contribution in [1.29, 1.82) is 0 Å². The Morgan fingerprint density at radius 1 is 1.07 bits per heavy atom. The molecule has 0 saturated heterocycles. The van der Waals surface area contributed by atoms with Gasteiger partial charge in [-0.15, -0.1) is 11.3 Å². The van der Waals surface area contributed by atoms with Gasteiger partial charge < -0.3 is 21.7 Å². The van der Waals surface area contributed by atoms with E-state index in [1.165, 1.54) is 27.5 Å². The third-order valence-electron chi connectivity index (χ3n) is 5.66. The van der Waals surface area contributed by atoms with E-state index >= 15 is 0 Å². The van der Waals surface area contributed by atoms with Crippen LogP contribution in [0.5, 0.6) is 0 Å². The molecule has 1 heterocycles. The van der Waals surface area contributed by atoms with Crippen LogP contribution in [0.15, 0.2) is 54.6 Å². The number of thiazole rings is 1. The van der Waals surface area contributed by atoms with Crippen LogP contribution in [0.2, 0.25) is 0 Å². The van der Waals surface area contributed by atoms with Crippen LogP contribution in [-0.2, 0) is 29.0 Å². The number of para-hydroxylation sites is 1. The fourth-order valence-corrected chi connectivity index (χ4v) is 4.78. The molecule has 1 aliphatic carbocycles.